The topological polar surface area (TPSA) is 97.0 Å². The van der Waals surface area contributed by atoms with Gasteiger partial charge in [0.25, 0.3) is 0 Å². The summed E-state index contributed by atoms with van der Waals surface area (Å²) in [6.45, 7) is 2.41. The quantitative estimate of drug-likeness (QED) is 0.312. The zero-order chi connectivity index (χ0) is 18.1. The molecule has 0 bridgehead atoms. The molecule has 7 nitrogen and oxygen atoms in total. The molecule has 1 saturated heterocycles. The van der Waals surface area contributed by atoms with E-state index in [1.807, 2.05) is 0 Å². The molecule has 2 fully saturated rings. The van der Waals surface area contributed by atoms with Crippen LogP contribution in [-0.4, -0.2) is 55.5 Å². The average molecular weight is 352 g/mol. The van der Waals surface area contributed by atoms with E-state index in [1.165, 1.54) is 12.8 Å². The van der Waals surface area contributed by atoms with E-state index in [0.717, 1.165) is 51.2 Å². The first-order chi connectivity index (χ1) is 12.1. The third kappa shape index (κ3) is 6.92. The lowest BCUT2D eigenvalue weighted by atomic mass is 9.95. The molecule has 1 heterocycles. The number of hydrogen-bond donors (Lipinski definition) is 2. The van der Waals surface area contributed by atoms with Crippen LogP contribution in [0.3, 0.4) is 0 Å². The van der Waals surface area contributed by atoms with Gasteiger partial charge in [-0.1, -0.05) is 0 Å². The van der Waals surface area contributed by atoms with E-state index in [1.54, 1.807) is 7.05 Å². The normalized spacial score (nSPS) is 22.0. The minimum atomic E-state index is -0.240. The predicted octanol–water partition coefficient (Wildman–Crippen LogP) is 1.42. The number of primary amides is 1. The monoisotopic (exact) mass is 352 g/mol. The molecular weight excluding hydrogens is 320 g/mol. The standard InChI is InChI=1S/C18H32N4O3/c1-20-18(22-11-5-6-14(13-22)12-16(19)23)21-10-4-9-17(24)25-15-7-2-3-8-15/h14-15H,2-13H2,1H3,(H2,19,23)(H,20,21). The summed E-state index contributed by atoms with van der Waals surface area (Å²) in [5.74, 6) is 0.795. The molecule has 1 unspecified atom stereocenters. The van der Waals surface area contributed by atoms with Crippen LogP contribution in [0, 0.1) is 5.92 Å². The lowest BCUT2D eigenvalue weighted by Crippen LogP contribution is -2.47. The van der Waals surface area contributed by atoms with Crippen molar-refractivity contribution >= 4 is 17.8 Å². The van der Waals surface area contributed by atoms with Crippen molar-refractivity contribution in [1.82, 2.24) is 10.2 Å². The number of aliphatic imine (C=N–C) groups is 1. The first-order valence-electron chi connectivity index (χ1n) is 9.52. The lowest BCUT2D eigenvalue weighted by molar-refractivity contribution is -0.148. The number of nitrogens with zero attached hydrogens (tertiary/aromatic N) is 2. The molecule has 1 amide bonds. The maximum atomic E-state index is 11.8. The van der Waals surface area contributed by atoms with Gasteiger partial charge in [-0.15, -0.1) is 0 Å². The number of amides is 1. The zero-order valence-electron chi connectivity index (χ0n) is 15.3. The van der Waals surface area contributed by atoms with E-state index in [4.69, 9.17) is 10.5 Å². The summed E-state index contributed by atoms with van der Waals surface area (Å²) < 4.78 is 5.46. The van der Waals surface area contributed by atoms with Crippen LogP contribution in [0.4, 0.5) is 0 Å². The molecule has 0 radical (unpaired) electrons. The lowest BCUT2D eigenvalue weighted by Gasteiger charge is -2.34. The Balaban J connectivity index is 1.65. The highest BCUT2D eigenvalue weighted by molar-refractivity contribution is 5.80. The van der Waals surface area contributed by atoms with Crippen LogP contribution < -0.4 is 11.1 Å². The smallest absolute Gasteiger partial charge is 0.306 e. The zero-order valence-corrected chi connectivity index (χ0v) is 15.3. The van der Waals surface area contributed by atoms with Crippen LogP contribution in [0.25, 0.3) is 0 Å². The van der Waals surface area contributed by atoms with E-state index < -0.39 is 0 Å². The number of likely N-dealkylation sites (tertiary alicyclic amines) is 1. The number of piperidine rings is 1. The second kappa shape index (κ2) is 10.3. The molecular formula is C18H32N4O3. The second-order valence-electron chi connectivity index (χ2n) is 7.10. The van der Waals surface area contributed by atoms with Crippen molar-refractivity contribution in [3.05, 3.63) is 0 Å². The van der Waals surface area contributed by atoms with Gasteiger partial charge < -0.3 is 20.7 Å². The molecule has 1 saturated carbocycles. The van der Waals surface area contributed by atoms with E-state index >= 15 is 0 Å². The molecule has 2 aliphatic rings. The molecule has 1 atom stereocenters. The molecule has 0 spiro atoms. The van der Waals surface area contributed by atoms with Gasteiger partial charge in [0.15, 0.2) is 5.96 Å². The Morgan fingerprint density at radius 1 is 1.24 bits per heavy atom. The van der Waals surface area contributed by atoms with Crippen molar-refractivity contribution in [2.45, 2.75) is 63.9 Å². The molecule has 3 N–H and O–H groups in total. The molecule has 142 valence electrons. The van der Waals surface area contributed by atoms with Crippen LogP contribution in [-0.2, 0) is 14.3 Å². The van der Waals surface area contributed by atoms with Crippen LogP contribution in [0.1, 0.15) is 57.8 Å². The third-order valence-electron chi connectivity index (χ3n) is 4.96. The minimum absolute atomic E-state index is 0.0943. The Morgan fingerprint density at radius 3 is 2.68 bits per heavy atom. The van der Waals surface area contributed by atoms with Crippen molar-refractivity contribution in [3.8, 4) is 0 Å². The number of hydrogen-bond acceptors (Lipinski definition) is 4. The second-order valence-corrected chi connectivity index (χ2v) is 7.10. The molecule has 2 rings (SSSR count). The van der Waals surface area contributed by atoms with Gasteiger partial charge in [0.2, 0.25) is 5.91 Å². The summed E-state index contributed by atoms with van der Waals surface area (Å²) >= 11 is 0. The number of carbonyl (C=O) groups excluding carboxylic acids is 2. The van der Waals surface area contributed by atoms with E-state index in [2.05, 4.69) is 15.2 Å². The number of guanidine groups is 1. The Morgan fingerprint density at radius 2 is 2.00 bits per heavy atom. The molecule has 0 aromatic heterocycles. The fourth-order valence-electron chi connectivity index (χ4n) is 3.72. The number of nitrogens with one attached hydrogen (secondary N) is 1. The molecule has 25 heavy (non-hydrogen) atoms. The molecule has 1 aliphatic heterocycles. The van der Waals surface area contributed by atoms with Gasteiger partial charge in [0.05, 0.1) is 0 Å². The molecule has 0 aromatic carbocycles. The maximum Gasteiger partial charge on any atom is 0.306 e. The SMILES string of the molecule is CN=C(NCCCC(=O)OC1CCCC1)N1CCCC(CC(N)=O)C1. The van der Waals surface area contributed by atoms with Gasteiger partial charge in [-0.3, -0.25) is 14.6 Å². The van der Waals surface area contributed by atoms with Crippen molar-refractivity contribution in [3.63, 3.8) is 0 Å². The first kappa shape index (κ1) is 19.5. The van der Waals surface area contributed by atoms with Gasteiger partial charge in [0, 0.05) is 39.5 Å². The molecule has 0 aromatic rings. The highest BCUT2D eigenvalue weighted by Gasteiger charge is 2.23. The Bertz CT molecular complexity index is 475. The van der Waals surface area contributed by atoms with Crippen LogP contribution in [0.15, 0.2) is 4.99 Å². The van der Waals surface area contributed by atoms with Crippen molar-refractivity contribution in [1.29, 1.82) is 0 Å². The van der Waals surface area contributed by atoms with E-state index in [-0.39, 0.29) is 18.0 Å². The number of carbonyl (C=O) groups is 2. The Kier molecular flexibility index (Phi) is 8.01. The van der Waals surface area contributed by atoms with Crippen LogP contribution >= 0.6 is 0 Å². The largest absolute Gasteiger partial charge is 0.462 e. The number of ether oxygens (including phenoxy) is 1. The predicted molar refractivity (Wildman–Crippen MR) is 97.1 cm³/mol. The molecule has 1 aliphatic carbocycles. The fraction of sp³-hybridized carbons (Fsp3) is 0.833. The summed E-state index contributed by atoms with van der Waals surface area (Å²) in [7, 11) is 1.76. The van der Waals surface area contributed by atoms with Crippen LogP contribution in [0.2, 0.25) is 0 Å². The van der Waals surface area contributed by atoms with Gasteiger partial charge in [-0.2, -0.15) is 0 Å². The first-order valence-corrected chi connectivity index (χ1v) is 9.52. The number of esters is 1. The van der Waals surface area contributed by atoms with Gasteiger partial charge >= 0.3 is 5.97 Å². The number of rotatable bonds is 7. The Labute approximate surface area is 150 Å². The summed E-state index contributed by atoms with van der Waals surface area (Å²) in [5.41, 5.74) is 5.32. The van der Waals surface area contributed by atoms with Gasteiger partial charge in [0.1, 0.15) is 6.10 Å². The highest BCUT2D eigenvalue weighted by Crippen LogP contribution is 2.21. The maximum absolute atomic E-state index is 11.8. The Hall–Kier alpha value is -1.79. The van der Waals surface area contributed by atoms with Crippen LogP contribution in [0.5, 0.6) is 0 Å². The van der Waals surface area contributed by atoms with Gasteiger partial charge in [-0.05, 0) is 50.9 Å². The minimum Gasteiger partial charge on any atom is -0.462 e. The molecule has 7 heteroatoms. The van der Waals surface area contributed by atoms with Crippen molar-refractivity contribution in [2.75, 3.05) is 26.7 Å². The fourth-order valence-corrected chi connectivity index (χ4v) is 3.72. The summed E-state index contributed by atoms with van der Waals surface area (Å²) in [4.78, 5) is 29.5. The highest BCUT2D eigenvalue weighted by atomic mass is 16.5. The summed E-state index contributed by atoms with van der Waals surface area (Å²) in [5, 5.41) is 3.31. The third-order valence-corrected chi connectivity index (χ3v) is 4.96. The number of nitrogens with two attached hydrogens (primary N) is 1. The summed E-state index contributed by atoms with van der Waals surface area (Å²) in [6, 6.07) is 0. The van der Waals surface area contributed by atoms with E-state index in [9.17, 15) is 9.59 Å². The van der Waals surface area contributed by atoms with E-state index in [0.29, 0.717) is 25.3 Å². The van der Waals surface area contributed by atoms with Crippen molar-refractivity contribution in [2.24, 2.45) is 16.6 Å². The summed E-state index contributed by atoms with van der Waals surface area (Å²) in [6.07, 6.45) is 8.16. The van der Waals surface area contributed by atoms with Crippen molar-refractivity contribution < 1.29 is 14.3 Å². The average Bonchev–Trinajstić information content (AvgIpc) is 3.07. The van der Waals surface area contributed by atoms with Gasteiger partial charge in [-0.25, -0.2) is 0 Å².